The standard InChI is InChI=1S/C12H10F2N2O2/c1-2-16-11(14)9(6-15-16)7-4-3-5-8(10(7)13)12(17)18/h3-6H,2H2,1H3,(H,17,18). The molecule has 0 aliphatic rings. The quantitative estimate of drug-likeness (QED) is 0.913. The van der Waals surface area contributed by atoms with Gasteiger partial charge in [-0.05, 0) is 13.0 Å². The van der Waals surface area contributed by atoms with Crippen LogP contribution in [0.5, 0.6) is 0 Å². The smallest absolute Gasteiger partial charge is 0.338 e. The van der Waals surface area contributed by atoms with Gasteiger partial charge in [0.2, 0.25) is 5.95 Å². The number of carbonyl (C=O) groups is 1. The van der Waals surface area contributed by atoms with Crippen molar-refractivity contribution in [2.24, 2.45) is 0 Å². The van der Waals surface area contributed by atoms with Gasteiger partial charge >= 0.3 is 5.97 Å². The summed E-state index contributed by atoms with van der Waals surface area (Å²) in [4.78, 5) is 10.8. The van der Waals surface area contributed by atoms with Crippen molar-refractivity contribution in [1.82, 2.24) is 9.78 Å². The Bertz CT molecular complexity index is 608. The first-order valence-electron chi connectivity index (χ1n) is 5.29. The zero-order valence-electron chi connectivity index (χ0n) is 9.52. The topological polar surface area (TPSA) is 55.1 Å². The molecular weight excluding hydrogens is 242 g/mol. The van der Waals surface area contributed by atoms with Gasteiger partial charge in [-0.15, -0.1) is 0 Å². The molecule has 1 aromatic carbocycles. The Kier molecular flexibility index (Phi) is 3.10. The maximum Gasteiger partial charge on any atom is 0.338 e. The molecule has 0 amide bonds. The number of hydrogen-bond acceptors (Lipinski definition) is 2. The van der Waals surface area contributed by atoms with Crippen LogP contribution in [0.4, 0.5) is 8.78 Å². The molecule has 4 nitrogen and oxygen atoms in total. The minimum atomic E-state index is -1.39. The van der Waals surface area contributed by atoms with E-state index in [1.807, 2.05) is 0 Å². The summed E-state index contributed by atoms with van der Waals surface area (Å²) in [5, 5.41) is 12.6. The maximum absolute atomic E-state index is 13.9. The van der Waals surface area contributed by atoms with Crippen LogP contribution in [-0.2, 0) is 6.54 Å². The Morgan fingerprint density at radius 2 is 2.11 bits per heavy atom. The minimum absolute atomic E-state index is 0.0440. The van der Waals surface area contributed by atoms with Gasteiger partial charge in [0.15, 0.2) is 0 Å². The summed E-state index contributed by atoms with van der Waals surface area (Å²) in [5.41, 5.74) is -0.638. The lowest BCUT2D eigenvalue weighted by atomic mass is 10.0. The molecule has 0 fully saturated rings. The second-order valence-corrected chi connectivity index (χ2v) is 3.64. The lowest BCUT2D eigenvalue weighted by molar-refractivity contribution is 0.0692. The normalized spacial score (nSPS) is 10.6. The molecule has 1 N–H and O–H groups in total. The van der Waals surface area contributed by atoms with Gasteiger partial charge in [-0.25, -0.2) is 13.9 Å². The van der Waals surface area contributed by atoms with Crippen molar-refractivity contribution in [3.8, 4) is 11.1 Å². The monoisotopic (exact) mass is 252 g/mol. The molecule has 18 heavy (non-hydrogen) atoms. The van der Waals surface area contributed by atoms with Gasteiger partial charge in [-0.1, -0.05) is 12.1 Å². The first-order chi connectivity index (χ1) is 8.56. The molecule has 1 heterocycles. The van der Waals surface area contributed by atoms with Crippen LogP contribution in [0.25, 0.3) is 11.1 Å². The number of carboxylic acids is 1. The van der Waals surface area contributed by atoms with Crippen molar-refractivity contribution in [2.45, 2.75) is 13.5 Å². The first-order valence-corrected chi connectivity index (χ1v) is 5.29. The summed E-state index contributed by atoms with van der Waals surface area (Å²) >= 11 is 0. The zero-order chi connectivity index (χ0) is 13.3. The van der Waals surface area contributed by atoms with E-state index in [1.165, 1.54) is 18.3 Å². The molecule has 6 heteroatoms. The molecule has 0 atom stereocenters. The van der Waals surface area contributed by atoms with Gasteiger partial charge in [-0.3, -0.25) is 0 Å². The van der Waals surface area contributed by atoms with Crippen LogP contribution in [0.3, 0.4) is 0 Å². The third kappa shape index (κ3) is 1.85. The van der Waals surface area contributed by atoms with E-state index < -0.39 is 23.3 Å². The van der Waals surface area contributed by atoms with Crippen LogP contribution in [0, 0.1) is 11.8 Å². The van der Waals surface area contributed by atoms with Crippen molar-refractivity contribution in [3.63, 3.8) is 0 Å². The molecule has 94 valence electrons. The third-order valence-electron chi connectivity index (χ3n) is 2.59. The summed E-state index contributed by atoms with van der Waals surface area (Å²) < 4.78 is 28.8. The second-order valence-electron chi connectivity index (χ2n) is 3.64. The second kappa shape index (κ2) is 4.56. The summed E-state index contributed by atoms with van der Waals surface area (Å²) in [6.07, 6.45) is 1.18. The molecule has 0 saturated carbocycles. The van der Waals surface area contributed by atoms with Gasteiger partial charge in [0.1, 0.15) is 5.82 Å². The minimum Gasteiger partial charge on any atom is -0.478 e. The van der Waals surface area contributed by atoms with E-state index in [0.29, 0.717) is 6.54 Å². The average Bonchev–Trinajstić information content (AvgIpc) is 2.70. The molecular formula is C12H10F2N2O2. The molecule has 2 aromatic rings. The molecule has 0 aliphatic heterocycles. The lowest BCUT2D eigenvalue weighted by Gasteiger charge is -2.04. The van der Waals surface area contributed by atoms with E-state index in [0.717, 1.165) is 10.7 Å². The van der Waals surface area contributed by atoms with E-state index in [2.05, 4.69) is 5.10 Å². The predicted molar refractivity (Wildman–Crippen MR) is 60.2 cm³/mol. The van der Waals surface area contributed by atoms with E-state index in [1.54, 1.807) is 6.92 Å². The first kappa shape index (κ1) is 12.2. The Balaban J connectivity index is 2.61. The predicted octanol–water partition coefficient (Wildman–Crippen LogP) is 2.55. The number of hydrogen-bond donors (Lipinski definition) is 1. The highest BCUT2D eigenvalue weighted by Gasteiger charge is 2.19. The van der Waals surface area contributed by atoms with Crippen molar-refractivity contribution in [3.05, 3.63) is 41.7 Å². The number of aryl methyl sites for hydroxylation is 1. The number of rotatable bonds is 3. The van der Waals surface area contributed by atoms with Crippen LogP contribution < -0.4 is 0 Å². The van der Waals surface area contributed by atoms with Gasteiger partial charge in [0.25, 0.3) is 0 Å². The van der Waals surface area contributed by atoms with E-state index in [4.69, 9.17) is 5.11 Å². The van der Waals surface area contributed by atoms with Gasteiger partial charge in [-0.2, -0.15) is 9.49 Å². The molecule has 1 aromatic heterocycles. The fourth-order valence-corrected chi connectivity index (χ4v) is 1.68. The number of halogens is 2. The van der Waals surface area contributed by atoms with Crippen LogP contribution in [0.1, 0.15) is 17.3 Å². The van der Waals surface area contributed by atoms with Gasteiger partial charge in [0.05, 0.1) is 17.3 Å². The highest BCUT2D eigenvalue weighted by Crippen LogP contribution is 2.27. The SMILES string of the molecule is CCn1ncc(-c2cccc(C(=O)O)c2F)c1F. The largest absolute Gasteiger partial charge is 0.478 e. The highest BCUT2D eigenvalue weighted by molar-refractivity contribution is 5.89. The molecule has 0 aliphatic carbocycles. The van der Waals surface area contributed by atoms with Gasteiger partial charge < -0.3 is 5.11 Å². The molecule has 0 saturated heterocycles. The fourth-order valence-electron chi connectivity index (χ4n) is 1.68. The molecule has 0 unspecified atom stereocenters. The lowest BCUT2D eigenvalue weighted by Crippen LogP contribution is -2.03. The number of nitrogens with zero attached hydrogens (tertiary/aromatic N) is 2. The maximum atomic E-state index is 13.9. The van der Waals surface area contributed by atoms with E-state index in [9.17, 15) is 13.6 Å². The molecule has 0 radical (unpaired) electrons. The Hall–Kier alpha value is -2.24. The van der Waals surface area contributed by atoms with Crippen LogP contribution >= 0.6 is 0 Å². The Labute approximate surface area is 101 Å². The summed E-state index contributed by atoms with van der Waals surface area (Å²) in [5.74, 6) is -3.03. The van der Waals surface area contributed by atoms with E-state index >= 15 is 0 Å². The van der Waals surface area contributed by atoms with Crippen molar-refractivity contribution in [1.29, 1.82) is 0 Å². The molecule has 0 spiro atoms. The summed E-state index contributed by atoms with van der Waals surface area (Å²) in [7, 11) is 0. The Morgan fingerprint density at radius 3 is 2.67 bits per heavy atom. The third-order valence-corrected chi connectivity index (χ3v) is 2.59. The number of aromatic carboxylic acids is 1. The van der Waals surface area contributed by atoms with Crippen LogP contribution in [-0.4, -0.2) is 20.9 Å². The van der Waals surface area contributed by atoms with Crippen LogP contribution in [0.2, 0.25) is 0 Å². The number of aromatic nitrogens is 2. The zero-order valence-corrected chi connectivity index (χ0v) is 9.52. The van der Waals surface area contributed by atoms with Crippen LogP contribution in [0.15, 0.2) is 24.4 Å². The van der Waals surface area contributed by atoms with E-state index in [-0.39, 0.29) is 11.1 Å². The number of benzene rings is 1. The molecule has 0 bridgehead atoms. The average molecular weight is 252 g/mol. The van der Waals surface area contributed by atoms with Crippen molar-refractivity contribution in [2.75, 3.05) is 0 Å². The highest BCUT2D eigenvalue weighted by atomic mass is 19.1. The van der Waals surface area contributed by atoms with Gasteiger partial charge in [0, 0.05) is 12.1 Å². The van der Waals surface area contributed by atoms with Crippen molar-refractivity contribution < 1.29 is 18.7 Å². The van der Waals surface area contributed by atoms with Crippen molar-refractivity contribution >= 4 is 5.97 Å². The Morgan fingerprint density at radius 1 is 1.39 bits per heavy atom. The molecule has 2 rings (SSSR count). The summed E-state index contributed by atoms with van der Waals surface area (Å²) in [6.45, 7) is 2.01. The fraction of sp³-hybridized carbons (Fsp3) is 0.167. The summed E-state index contributed by atoms with van der Waals surface area (Å²) in [6, 6.07) is 3.82. The number of carboxylic acid groups (broad SMARTS) is 1.